The Morgan fingerprint density at radius 3 is 2.40 bits per heavy atom. The quantitative estimate of drug-likeness (QED) is 0.255. The van der Waals surface area contributed by atoms with E-state index in [0.717, 1.165) is 0 Å². The maximum absolute atomic E-state index is 12.7. The number of nitro benzene ring substituents is 1. The van der Waals surface area contributed by atoms with Gasteiger partial charge in [0, 0.05) is 16.7 Å². The molecule has 2 N–H and O–H groups in total. The van der Waals surface area contributed by atoms with E-state index in [9.17, 15) is 19.7 Å². The topological polar surface area (TPSA) is 132 Å². The molecular weight excluding hydrogens is 499 g/mol. The number of nitrogens with zero attached hydrogens (tertiary/aromatic N) is 2. The minimum Gasteiger partial charge on any atom is -0.490 e. The number of ether oxygens (including phenoxy) is 2. The summed E-state index contributed by atoms with van der Waals surface area (Å²) >= 11 is 12.0. The molecule has 0 radical (unpaired) electrons. The number of hydrazone groups is 1. The number of amides is 2. The van der Waals surface area contributed by atoms with Gasteiger partial charge < -0.3 is 14.8 Å². The molecule has 0 aromatic heterocycles. The zero-order valence-electron chi connectivity index (χ0n) is 19.6. The lowest BCUT2D eigenvalue weighted by Gasteiger charge is -2.22. The summed E-state index contributed by atoms with van der Waals surface area (Å²) in [7, 11) is 1.33. The van der Waals surface area contributed by atoms with Gasteiger partial charge in [-0.1, -0.05) is 37.0 Å². The van der Waals surface area contributed by atoms with Gasteiger partial charge in [-0.3, -0.25) is 19.7 Å². The number of nitro groups is 1. The normalized spacial score (nSPS) is 12.8. The number of methoxy groups -OCH3 is 1. The number of halogens is 2. The van der Waals surface area contributed by atoms with Crippen molar-refractivity contribution in [1.29, 1.82) is 0 Å². The van der Waals surface area contributed by atoms with Gasteiger partial charge in [0.15, 0.2) is 11.9 Å². The van der Waals surface area contributed by atoms with Crippen LogP contribution in [0.15, 0.2) is 41.5 Å². The van der Waals surface area contributed by atoms with Crippen molar-refractivity contribution in [1.82, 2.24) is 10.7 Å². The lowest BCUT2D eigenvalue weighted by Crippen LogP contribution is -2.49. The van der Waals surface area contributed by atoms with Gasteiger partial charge in [-0.25, -0.2) is 5.43 Å². The third kappa shape index (κ3) is 8.41. The molecule has 2 amide bonds. The molecule has 0 fully saturated rings. The van der Waals surface area contributed by atoms with E-state index in [2.05, 4.69) is 15.8 Å². The van der Waals surface area contributed by atoms with Crippen molar-refractivity contribution in [3.8, 4) is 11.5 Å². The Morgan fingerprint density at radius 1 is 1.11 bits per heavy atom. The molecule has 0 aliphatic heterocycles. The van der Waals surface area contributed by atoms with Crippen LogP contribution in [0.4, 0.5) is 5.69 Å². The van der Waals surface area contributed by atoms with Gasteiger partial charge in [-0.2, -0.15) is 5.10 Å². The molecule has 0 saturated carbocycles. The van der Waals surface area contributed by atoms with Crippen molar-refractivity contribution < 1.29 is 24.0 Å². The fraction of sp³-hybridized carbons (Fsp3) is 0.348. The zero-order chi connectivity index (χ0) is 26.1. The van der Waals surface area contributed by atoms with Crippen molar-refractivity contribution in [2.75, 3.05) is 7.11 Å². The number of hydrogen-bond donors (Lipinski definition) is 2. The number of hydrogen-bond acceptors (Lipinski definition) is 7. The molecule has 0 aliphatic carbocycles. The zero-order valence-corrected chi connectivity index (χ0v) is 21.1. The van der Waals surface area contributed by atoms with Crippen molar-refractivity contribution in [3.05, 3.63) is 62.1 Å². The highest BCUT2D eigenvalue weighted by atomic mass is 35.5. The summed E-state index contributed by atoms with van der Waals surface area (Å²) in [6.07, 6.45) is 0.655. The molecule has 0 unspecified atom stereocenters. The Labute approximate surface area is 212 Å². The summed E-state index contributed by atoms with van der Waals surface area (Å²) in [6, 6.07) is 7.98. The third-order valence-electron chi connectivity index (χ3n) is 4.69. The highest BCUT2D eigenvalue weighted by Crippen LogP contribution is 2.28. The van der Waals surface area contributed by atoms with Gasteiger partial charge in [0.05, 0.1) is 23.3 Å². The largest absolute Gasteiger partial charge is 0.490 e. The number of benzene rings is 2. The third-order valence-corrected chi connectivity index (χ3v) is 5.23. The number of nitrogens with one attached hydrogen (secondary N) is 2. The monoisotopic (exact) mass is 524 g/mol. The van der Waals surface area contributed by atoms with Crippen LogP contribution in [0.25, 0.3) is 0 Å². The molecule has 2 aromatic rings. The van der Waals surface area contributed by atoms with Crippen LogP contribution in [-0.2, 0) is 9.59 Å². The molecule has 2 atom stereocenters. The van der Waals surface area contributed by atoms with Crippen molar-refractivity contribution >= 4 is 46.9 Å². The van der Waals surface area contributed by atoms with E-state index in [4.69, 9.17) is 32.7 Å². The van der Waals surface area contributed by atoms with E-state index in [1.54, 1.807) is 18.2 Å². The van der Waals surface area contributed by atoms with Gasteiger partial charge in [0.2, 0.25) is 0 Å². The molecule has 0 heterocycles. The SMILES string of the molecule is COc1ccc(/C=N\NC(=O)[C@H](CC(C)C)NC(=O)[C@H](C)Oc2ccc(Cl)cc2Cl)cc1[N+](=O)[O-]. The van der Waals surface area contributed by atoms with Crippen molar-refractivity contribution in [2.45, 2.75) is 39.3 Å². The molecule has 0 spiro atoms. The average Bonchev–Trinajstić information content (AvgIpc) is 2.79. The molecule has 0 bridgehead atoms. The minimum atomic E-state index is -0.945. The van der Waals surface area contributed by atoms with E-state index in [1.807, 2.05) is 13.8 Å². The molecule has 188 valence electrons. The average molecular weight is 525 g/mol. The van der Waals surface area contributed by atoms with E-state index < -0.39 is 28.9 Å². The molecule has 0 saturated heterocycles. The molecular formula is C23H26Cl2N4O6. The van der Waals surface area contributed by atoms with Crippen LogP contribution in [0.1, 0.15) is 32.8 Å². The highest BCUT2D eigenvalue weighted by Gasteiger charge is 2.25. The second-order valence-corrected chi connectivity index (χ2v) is 8.79. The molecule has 12 heteroatoms. The Bertz CT molecular complexity index is 1110. The first kappa shape index (κ1) is 27.9. The van der Waals surface area contributed by atoms with Gasteiger partial charge in [0.1, 0.15) is 11.8 Å². The maximum atomic E-state index is 12.7. The first-order valence-corrected chi connectivity index (χ1v) is 11.3. The van der Waals surface area contributed by atoms with Gasteiger partial charge in [-0.05, 0) is 49.6 Å². The fourth-order valence-electron chi connectivity index (χ4n) is 2.99. The Balaban J connectivity index is 2.05. The van der Waals surface area contributed by atoms with Gasteiger partial charge in [-0.15, -0.1) is 0 Å². The van der Waals surface area contributed by atoms with E-state index in [-0.39, 0.29) is 28.1 Å². The predicted octanol–water partition coefficient (Wildman–Crippen LogP) is 4.36. The molecule has 35 heavy (non-hydrogen) atoms. The van der Waals surface area contributed by atoms with Crippen LogP contribution in [0.5, 0.6) is 11.5 Å². The Morgan fingerprint density at radius 2 is 1.80 bits per heavy atom. The number of carbonyl (C=O) groups excluding carboxylic acids is 2. The summed E-state index contributed by atoms with van der Waals surface area (Å²) in [5.74, 6) is -0.607. The number of rotatable bonds is 11. The summed E-state index contributed by atoms with van der Waals surface area (Å²) in [5, 5.41) is 18.4. The predicted molar refractivity (Wildman–Crippen MR) is 133 cm³/mol. The van der Waals surface area contributed by atoms with Gasteiger partial charge >= 0.3 is 5.69 Å². The Kier molecular flexibility index (Phi) is 10.3. The van der Waals surface area contributed by atoms with Crippen LogP contribution in [0.3, 0.4) is 0 Å². The summed E-state index contributed by atoms with van der Waals surface area (Å²) in [4.78, 5) is 36.0. The fourth-order valence-corrected chi connectivity index (χ4v) is 3.44. The molecule has 10 nitrogen and oxygen atoms in total. The highest BCUT2D eigenvalue weighted by molar-refractivity contribution is 6.35. The summed E-state index contributed by atoms with van der Waals surface area (Å²) in [6.45, 7) is 5.33. The van der Waals surface area contributed by atoms with Crippen LogP contribution < -0.4 is 20.2 Å². The molecule has 2 rings (SSSR count). The lowest BCUT2D eigenvalue weighted by atomic mass is 10.0. The Hall–Kier alpha value is -3.37. The van der Waals surface area contributed by atoms with Crippen molar-refractivity contribution in [3.63, 3.8) is 0 Å². The molecule has 0 aliphatic rings. The van der Waals surface area contributed by atoms with Crippen LogP contribution in [-0.4, -0.2) is 42.2 Å². The van der Waals surface area contributed by atoms with Crippen molar-refractivity contribution in [2.24, 2.45) is 11.0 Å². The second kappa shape index (κ2) is 12.9. The first-order valence-electron chi connectivity index (χ1n) is 10.6. The van der Waals surface area contributed by atoms with Crippen LogP contribution in [0, 0.1) is 16.0 Å². The first-order chi connectivity index (χ1) is 16.5. The lowest BCUT2D eigenvalue weighted by molar-refractivity contribution is -0.385. The summed E-state index contributed by atoms with van der Waals surface area (Å²) in [5.41, 5.74) is 2.51. The van der Waals surface area contributed by atoms with E-state index in [1.165, 1.54) is 38.4 Å². The minimum absolute atomic E-state index is 0.0844. The standard InChI is InChI=1S/C23H26Cl2N4O6/c1-13(2)9-18(27-22(30)14(3)35-20-8-6-16(24)11-17(20)25)23(31)28-26-12-15-5-7-21(34-4)19(10-15)29(32)33/h5-8,10-14,18H,9H2,1-4H3,(H,27,30)(H,28,31)/b26-12-/t14-,18-/m0/s1. The smallest absolute Gasteiger partial charge is 0.311 e. The number of carbonyl (C=O) groups is 2. The molecule has 2 aromatic carbocycles. The summed E-state index contributed by atoms with van der Waals surface area (Å²) < 4.78 is 10.6. The maximum Gasteiger partial charge on any atom is 0.311 e. The van der Waals surface area contributed by atoms with Gasteiger partial charge in [0.25, 0.3) is 11.8 Å². The second-order valence-electron chi connectivity index (χ2n) is 7.95. The van der Waals surface area contributed by atoms with E-state index in [0.29, 0.717) is 17.0 Å². The van der Waals surface area contributed by atoms with Crippen LogP contribution in [0.2, 0.25) is 10.0 Å². The van der Waals surface area contributed by atoms with Crippen LogP contribution >= 0.6 is 23.2 Å². The van der Waals surface area contributed by atoms with E-state index >= 15 is 0 Å².